The van der Waals surface area contributed by atoms with Crippen LogP contribution in [0.2, 0.25) is 0 Å². The van der Waals surface area contributed by atoms with Crippen molar-refractivity contribution in [3.8, 4) is 5.75 Å². The van der Waals surface area contributed by atoms with Crippen molar-refractivity contribution in [3.05, 3.63) is 107 Å². The minimum absolute atomic E-state index is 0.150. The Kier molecular flexibility index (Phi) is 7.35. The number of aryl methyl sites for hydroxylation is 1. The molecule has 180 valence electrons. The first-order chi connectivity index (χ1) is 16.9. The maximum atomic E-state index is 13.4. The molecule has 0 fully saturated rings. The molecule has 0 radical (unpaired) electrons. The van der Waals surface area contributed by atoms with Gasteiger partial charge in [0.1, 0.15) is 5.75 Å². The summed E-state index contributed by atoms with van der Waals surface area (Å²) in [5.41, 5.74) is 3.72. The Hall–Kier alpha value is -3.86. The largest absolute Gasteiger partial charge is 0.503 e. The Morgan fingerprint density at radius 2 is 1.63 bits per heavy atom. The summed E-state index contributed by atoms with van der Waals surface area (Å²) in [6.07, 6.45) is 0.737. The second kappa shape index (κ2) is 10.6. The van der Waals surface area contributed by atoms with E-state index in [2.05, 4.69) is 13.8 Å². The fraction of sp³-hybridized carbons (Fsp3) is 0.267. The average Bonchev–Trinajstić information content (AvgIpc) is 3.14. The summed E-state index contributed by atoms with van der Waals surface area (Å²) in [5.74, 6) is -0.236. The lowest BCUT2D eigenvalue weighted by atomic mass is 9.91. The molecule has 1 amide bonds. The van der Waals surface area contributed by atoms with Crippen LogP contribution in [0.1, 0.15) is 55.8 Å². The van der Waals surface area contributed by atoms with Gasteiger partial charge in [0.2, 0.25) is 0 Å². The molecule has 0 aliphatic carbocycles. The number of aliphatic hydroxyl groups excluding tert-OH is 1. The van der Waals surface area contributed by atoms with E-state index in [1.165, 1.54) is 4.90 Å². The van der Waals surface area contributed by atoms with E-state index in [0.717, 1.165) is 16.7 Å². The molecule has 3 aromatic rings. The number of carbonyl (C=O) groups excluding carboxylic acids is 2. The molecule has 0 aromatic heterocycles. The van der Waals surface area contributed by atoms with E-state index >= 15 is 0 Å². The number of aliphatic hydroxyl groups is 1. The van der Waals surface area contributed by atoms with E-state index in [0.29, 0.717) is 30.4 Å². The number of amides is 1. The molecule has 3 aromatic carbocycles. The van der Waals surface area contributed by atoms with Crippen LogP contribution in [-0.2, 0) is 16.0 Å². The van der Waals surface area contributed by atoms with Gasteiger partial charge in [-0.25, -0.2) is 0 Å². The van der Waals surface area contributed by atoms with Gasteiger partial charge in [-0.15, -0.1) is 0 Å². The zero-order valence-corrected chi connectivity index (χ0v) is 20.4. The van der Waals surface area contributed by atoms with Crippen molar-refractivity contribution < 1.29 is 19.4 Å². The zero-order valence-electron chi connectivity index (χ0n) is 20.4. The van der Waals surface area contributed by atoms with Gasteiger partial charge in [0.05, 0.1) is 18.2 Å². The summed E-state index contributed by atoms with van der Waals surface area (Å²) in [5, 5.41) is 10.9. The number of nitrogens with zero attached hydrogens (tertiary/aromatic N) is 1. The quantitative estimate of drug-likeness (QED) is 0.399. The first kappa shape index (κ1) is 24.3. The molecule has 0 bridgehead atoms. The molecule has 0 saturated heterocycles. The fourth-order valence-corrected chi connectivity index (χ4v) is 4.44. The first-order valence-corrected chi connectivity index (χ1v) is 12.1. The molecular formula is C30H31NO4. The SMILES string of the molecule is CCOc1ccc(N2C(=O)C(O)=C(C(=O)CCc3ccccc3)C2c2ccc(C(C)C)cc2)cc1. The number of Topliss-reactive ketones (excluding diaryl/α,β-unsaturated/α-hetero) is 1. The highest BCUT2D eigenvalue weighted by atomic mass is 16.5. The molecule has 1 heterocycles. The number of anilines is 1. The van der Waals surface area contributed by atoms with Crippen LogP contribution in [0.3, 0.4) is 0 Å². The van der Waals surface area contributed by atoms with E-state index in [4.69, 9.17) is 4.74 Å². The van der Waals surface area contributed by atoms with E-state index < -0.39 is 17.7 Å². The highest BCUT2D eigenvalue weighted by molar-refractivity contribution is 6.16. The summed E-state index contributed by atoms with van der Waals surface area (Å²) < 4.78 is 5.53. The summed E-state index contributed by atoms with van der Waals surface area (Å²) in [7, 11) is 0. The summed E-state index contributed by atoms with van der Waals surface area (Å²) >= 11 is 0. The Morgan fingerprint density at radius 3 is 2.23 bits per heavy atom. The Balaban J connectivity index is 1.71. The molecule has 5 nitrogen and oxygen atoms in total. The number of hydrogen-bond acceptors (Lipinski definition) is 4. The van der Waals surface area contributed by atoms with Gasteiger partial charge in [-0.05, 0) is 60.2 Å². The monoisotopic (exact) mass is 469 g/mol. The number of carbonyl (C=O) groups is 2. The third-order valence-corrected chi connectivity index (χ3v) is 6.34. The number of hydrogen-bond donors (Lipinski definition) is 1. The molecule has 1 atom stereocenters. The lowest BCUT2D eigenvalue weighted by molar-refractivity contribution is -0.118. The number of ketones is 1. The Labute approximate surface area is 206 Å². The molecular weight excluding hydrogens is 438 g/mol. The van der Waals surface area contributed by atoms with Crippen LogP contribution in [0.25, 0.3) is 0 Å². The average molecular weight is 470 g/mol. The van der Waals surface area contributed by atoms with Crippen LogP contribution < -0.4 is 9.64 Å². The van der Waals surface area contributed by atoms with Crippen molar-refractivity contribution in [2.75, 3.05) is 11.5 Å². The van der Waals surface area contributed by atoms with E-state index in [-0.39, 0.29) is 17.8 Å². The second-order valence-corrected chi connectivity index (χ2v) is 9.00. The van der Waals surface area contributed by atoms with Crippen molar-refractivity contribution in [3.63, 3.8) is 0 Å². The minimum Gasteiger partial charge on any atom is -0.503 e. The fourth-order valence-electron chi connectivity index (χ4n) is 4.44. The molecule has 4 rings (SSSR count). The lowest BCUT2D eigenvalue weighted by Crippen LogP contribution is -2.31. The summed E-state index contributed by atoms with van der Waals surface area (Å²) in [6.45, 7) is 6.68. The number of rotatable bonds is 9. The van der Waals surface area contributed by atoms with Crippen LogP contribution in [0.5, 0.6) is 5.75 Å². The second-order valence-electron chi connectivity index (χ2n) is 9.00. The van der Waals surface area contributed by atoms with Gasteiger partial charge in [-0.3, -0.25) is 14.5 Å². The molecule has 0 saturated carbocycles. The van der Waals surface area contributed by atoms with Crippen LogP contribution >= 0.6 is 0 Å². The standard InChI is InChI=1S/C30H31NO4/c1-4-35-25-17-15-24(16-18-25)31-28(23-13-11-22(12-14-23)20(2)3)27(29(33)30(31)34)26(32)19-10-21-8-6-5-7-9-21/h5-9,11-18,20,28,33H,4,10,19H2,1-3H3. The van der Waals surface area contributed by atoms with Crippen molar-refractivity contribution >= 4 is 17.4 Å². The minimum atomic E-state index is -0.704. The highest BCUT2D eigenvalue weighted by Crippen LogP contribution is 2.42. The van der Waals surface area contributed by atoms with E-state index in [9.17, 15) is 14.7 Å². The molecule has 1 aliphatic heterocycles. The van der Waals surface area contributed by atoms with Gasteiger partial charge in [0.15, 0.2) is 11.5 Å². The maximum absolute atomic E-state index is 13.4. The number of ether oxygens (including phenoxy) is 1. The van der Waals surface area contributed by atoms with Crippen LogP contribution in [0, 0.1) is 0 Å². The van der Waals surface area contributed by atoms with Gasteiger partial charge in [-0.2, -0.15) is 0 Å². The first-order valence-electron chi connectivity index (χ1n) is 12.1. The Morgan fingerprint density at radius 1 is 0.971 bits per heavy atom. The van der Waals surface area contributed by atoms with Crippen LogP contribution in [0.4, 0.5) is 5.69 Å². The third-order valence-electron chi connectivity index (χ3n) is 6.34. The van der Waals surface area contributed by atoms with Gasteiger partial charge < -0.3 is 9.84 Å². The predicted octanol–water partition coefficient (Wildman–Crippen LogP) is 6.31. The highest BCUT2D eigenvalue weighted by Gasteiger charge is 2.44. The Bertz CT molecular complexity index is 1210. The molecule has 5 heteroatoms. The van der Waals surface area contributed by atoms with E-state index in [1.54, 1.807) is 24.3 Å². The topological polar surface area (TPSA) is 66.8 Å². The maximum Gasteiger partial charge on any atom is 0.294 e. The van der Waals surface area contributed by atoms with Crippen molar-refractivity contribution in [2.24, 2.45) is 0 Å². The molecule has 0 spiro atoms. The van der Waals surface area contributed by atoms with Gasteiger partial charge >= 0.3 is 0 Å². The van der Waals surface area contributed by atoms with Crippen molar-refractivity contribution in [1.29, 1.82) is 0 Å². The zero-order chi connectivity index (χ0) is 24.9. The molecule has 1 unspecified atom stereocenters. The molecule has 1 aliphatic rings. The summed E-state index contributed by atoms with van der Waals surface area (Å²) in [6, 6.07) is 24.1. The normalized spacial score (nSPS) is 15.7. The van der Waals surface area contributed by atoms with Crippen LogP contribution in [-0.4, -0.2) is 23.4 Å². The lowest BCUT2D eigenvalue weighted by Gasteiger charge is -2.27. The smallest absolute Gasteiger partial charge is 0.294 e. The molecule has 35 heavy (non-hydrogen) atoms. The number of benzene rings is 3. The van der Waals surface area contributed by atoms with Gasteiger partial charge in [0.25, 0.3) is 5.91 Å². The van der Waals surface area contributed by atoms with Crippen molar-refractivity contribution in [2.45, 2.75) is 45.6 Å². The van der Waals surface area contributed by atoms with Gasteiger partial charge in [0, 0.05) is 12.1 Å². The summed E-state index contributed by atoms with van der Waals surface area (Å²) in [4.78, 5) is 28.2. The van der Waals surface area contributed by atoms with Crippen LogP contribution in [0.15, 0.2) is 90.2 Å². The van der Waals surface area contributed by atoms with E-state index in [1.807, 2.05) is 61.5 Å². The van der Waals surface area contributed by atoms with Crippen molar-refractivity contribution in [1.82, 2.24) is 0 Å². The predicted molar refractivity (Wildman–Crippen MR) is 138 cm³/mol. The molecule has 1 N–H and O–H groups in total. The van der Waals surface area contributed by atoms with Gasteiger partial charge in [-0.1, -0.05) is 68.4 Å². The third kappa shape index (κ3) is 5.14.